The van der Waals surface area contributed by atoms with E-state index in [1.54, 1.807) is 44.4 Å². The molecule has 0 aliphatic carbocycles. The number of amides is 1. The van der Waals surface area contributed by atoms with Crippen molar-refractivity contribution in [1.29, 1.82) is 0 Å². The maximum absolute atomic E-state index is 14.0. The van der Waals surface area contributed by atoms with E-state index in [9.17, 15) is 13.2 Å². The van der Waals surface area contributed by atoms with Crippen LogP contribution in [0.5, 0.6) is 5.75 Å². The van der Waals surface area contributed by atoms with Crippen LogP contribution in [0.3, 0.4) is 0 Å². The molecular formula is C31H35N3O5S2. The number of carbonyl (C=O) groups is 1. The van der Waals surface area contributed by atoms with E-state index >= 15 is 0 Å². The average molecular weight is 594 g/mol. The number of rotatable bonds is 11. The highest BCUT2D eigenvalue weighted by Crippen LogP contribution is 2.35. The first-order valence-corrected chi connectivity index (χ1v) is 15.9. The average Bonchev–Trinajstić information content (AvgIpc) is 3.66. The molecule has 0 fully saturated rings. The second-order valence-electron chi connectivity index (χ2n) is 10.1. The molecule has 5 rings (SSSR count). The minimum atomic E-state index is -3.87. The van der Waals surface area contributed by atoms with Crippen LogP contribution in [0, 0.1) is 13.8 Å². The molecule has 2 aromatic heterocycles. The summed E-state index contributed by atoms with van der Waals surface area (Å²) >= 11 is 1.63. The van der Waals surface area contributed by atoms with Crippen LogP contribution in [0.4, 0.5) is 0 Å². The predicted octanol–water partition coefficient (Wildman–Crippen LogP) is 5.01. The SMILES string of the molecule is COc1cc(C)c(S(=O)(=O)N(CCOCC(=O)N2CCn3cccc3C2c2cccs2)Cc2ccccc2)c(C)c1. The molecule has 0 saturated carbocycles. The molecule has 0 N–H and O–H groups in total. The van der Waals surface area contributed by atoms with E-state index in [1.165, 1.54) is 4.31 Å². The fraction of sp³-hybridized carbons (Fsp3) is 0.323. The number of hydrogen-bond donors (Lipinski definition) is 0. The number of aryl methyl sites for hydroxylation is 2. The number of thiophene rings is 1. The minimum absolute atomic E-state index is 0.0833. The molecule has 216 valence electrons. The van der Waals surface area contributed by atoms with Crippen LogP contribution in [-0.2, 0) is 32.6 Å². The van der Waals surface area contributed by atoms with Crippen LogP contribution in [0.1, 0.15) is 33.3 Å². The van der Waals surface area contributed by atoms with E-state index in [-0.39, 0.29) is 43.1 Å². The first-order valence-electron chi connectivity index (χ1n) is 13.5. The summed E-state index contributed by atoms with van der Waals surface area (Å²) in [5, 5.41) is 2.02. The number of fused-ring (bicyclic) bond motifs is 1. The van der Waals surface area contributed by atoms with Crippen LogP contribution < -0.4 is 4.74 Å². The lowest BCUT2D eigenvalue weighted by atomic mass is 10.1. The van der Waals surface area contributed by atoms with Crippen LogP contribution >= 0.6 is 11.3 Å². The van der Waals surface area contributed by atoms with Crippen LogP contribution in [-0.4, -0.2) is 61.5 Å². The Hall–Kier alpha value is -3.44. The van der Waals surface area contributed by atoms with E-state index in [0.29, 0.717) is 23.4 Å². The number of methoxy groups -OCH3 is 1. The third-order valence-electron chi connectivity index (χ3n) is 7.35. The largest absolute Gasteiger partial charge is 0.497 e. The number of carbonyl (C=O) groups excluding carboxylic acids is 1. The summed E-state index contributed by atoms with van der Waals surface area (Å²) < 4.78 is 42.7. The van der Waals surface area contributed by atoms with Gasteiger partial charge < -0.3 is 18.9 Å². The van der Waals surface area contributed by atoms with Gasteiger partial charge in [0.1, 0.15) is 18.4 Å². The van der Waals surface area contributed by atoms with Crippen molar-refractivity contribution < 1.29 is 22.7 Å². The van der Waals surface area contributed by atoms with Gasteiger partial charge in [-0.3, -0.25) is 4.79 Å². The molecule has 1 amide bonds. The zero-order chi connectivity index (χ0) is 29.0. The lowest BCUT2D eigenvalue weighted by molar-refractivity contribution is -0.138. The Morgan fingerprint density at radius 3 is 2.46 bits per heavy atom. The second kappa shape index (κ2) is 12.6. The van der Waals surface area contributed by atoms with E-state index in [2.05, 4.69) is 16.7 Å². The van der Waals surface area contributed by atoms with Crippen molar-refractivity contribution >= 4 is 27.3 Å². The molecule has 3 heterocycles. The molecule has 0 saturated heterocycles. The molecule has 0 radical (unpaired) electrons. The summed E-state index contributed by atoms with van der Waals surface area (Å²) in [6.45, 7) is 5.11. The molecule has 1 aliphatic heterocycles. The number of benzene rings is 2. The first-order chi connectivity index (χ1) is 19.8. The number of hydrogen-bond acceptors (Lipinski definition) is 6. The molecule has 41 heavy (non-hydrogen) atoms. The van der Waals surface area contributed by atoms with Crippen molar-refractivity contribution in [3.05, 3.63) is 106 Å². The standard InChI is InChI=1S/C31H35N3O5S2/c1-23-19-26(38-3)20-24(2)31(23)41(36,37)33(21-25-9-5-4-6-10-25)16-17-39-22-29(35)34-15-14-32-13-7-11-27(32)30(34)28-12-8-18-40-28/h4-13,18-20,30H,14-17,21-22H2,1-3H3. The van der Waals surface area contributed by atoms with Gasteiger partial charge in [0.05, 0.1) is 18.6 Å². The quantitative estimate of drug-likeness (QED) is 0.228. The van der Waals surface area contributed by atoms with Crippen molar-refractivity contribution in [1.82, 2.24) is 13.8 Å². The number of nitrogens with zero attached hydrogens (tertiary/aromatic N) is 3. The van der Waals surface area contributed by atoms with Gasteiger partial charge >= 0.3 is 0 Å². The summed E-state index contributed by atoms with van der Waals surface area (Å²) in [4.78, 5) is 16.6. The van der Waals surface area contributed by atoms with Gasteiger partial charge in [-0.05, 0) is 66.2 Å². The third-order valence-corrected chi connectivity index (χ3v) is 10.4. The summed E-state index contributed by atoms with van der Waals surface area (Å²) in [6, 6.07) is 20.9. The van der Waals surface area contributed by atoms with Gasteiger partial charge in [0.2, 0.25) is 15.9 Å². The molecule has 2 aromatic carbocycles. The molecule has 1 aliphatic rings. The highest BCUT2D eigenvalue weighted by atomic mass is 32.2. The highest BCUT2D eigenvalue weighted by molar-refractivity contribution is 7.89. The Morgan fingerprint density at radius 2 is 1.78 bits per heavy atom. The van der Waals surface area contributed by atoms with E-state index in [0.717, 1.165) is 22.7 Å². The van der Waals surface area contributed by atoms with E-state index in [4.69, 9.17) is 9.47 Å². The third kappa shape index (κ3) is 6.25. The Bertz CT molecular complexity index is 1560. The van der Waals surface area contributed by atoms with E-state index in [1.807, 2.05) is 58.9 Å². The van der Waals surface area contributed by atoms with Gasteiger partial charge in [0.15, 0.2) is 0 Å². The van der Waals surface area contributed by atoms with Crippen molar-refractivity contribution in [2.24, 2.45) is 0 Å². The molecule has 0 spiro atoms. The molecule has 10 heteroatoms. The number of aromatic nitrogens is 1. The topological polar surface area (TPSA) is 81.1 Å². The summed E-state index contributed by atoms with van der Waals surface area (Å²) in [5.74, 6) is 0.497. The van der Waals surface area contributed by atoms with Crippen molar-refractivity contribution in [3.8, 4) is 5.75 Å². The fourth-order valence-electron chi connectivity index (χ4n) is 5.44. The lowest BCUT2D eigenvalue weighted by Crippen LogP contribution is -2.44. The summed E-state index contributed by atoms with van der Waals surface area (Å²) in [6.07, 6.45) is 2.04. The van der Waals surface area contributed by atoms with Gasteiger partial charge in [0, 0.05) is 42.9 Å². The minimum Gasteiger partial charge on any atom is -0.497 e. The van der Waals surface area contributed by atoms with Gasteiger partial charge in [-0.2, -0.15) is 4.31 Å². The van der Waals surface area contributed by atoms with Crippen LogP contribution in [0.15, 0.2) is 83.2 Å². The molecule has 1 unspecified atom stereocenters. The normalized spacial score (nSPS) is 15.2. The molecule has 8 nitrogen and oxygen atoms in total. The predicted molar refractivity (Wildman–Crippen MR) is 160 cm³/mol. The lowest BCUT2D eigenvalue weighted by Gasteiger charge is -2.36. The highest BCUT2D eigenvalue weighted by Gasteiger charge is 2.33. The Kier molecular flexibility index (Phi) is 8.94. The summed E-state index contributed by atoms with van der Waals surface area (Å²) in [5.41, 5.74) is 3.18. The maximum atomic E-state index is 14.0. The van der Waals surface area contributed by atoms with Crippen molar-refractivity contribution in [2.75, 3.05) is 33.4 Å². The first kappa shape index (κ1) is 29.1. The smallest absolute Gasteiger partial charge is 0.249 e. The van der Waals surface area contributed by atoms with Crippen molar-refractivity contribution in [2.45, 2.75) is 37.9 Å². The van der Waals surface area contributed by atoms with Crippen LogP contribution in [0.25, 0.3) is 0 Å². The zero-order valence-corrected chi connectivity index (χ0v) is 25.2. The number of ether oxygens (including phenoxy) is 2. The number of sulfonamides is 1. The van der Waals surface area contributed by atoms with E-state index < -0.39 is 10.0 Å². The second-order valence-corrected chi connectivity index (χ2v) is 13.0. The zero-order valence-electron chi connectivity index (χ0n) is 23.5. The Balaban J connectivity index is 1.30. The monoisotopic (exact) mass is 593 g/mol. The maximum Gasteiger partial charge on any atom is 0.249 e. The van der Waals surface area contributed by atoms with Gasteiger partial charge in [-0.15, -0.1) is 11.3 Å². The van der Waals surface area contributed by atoms with Crippen LogP contribution in [0.2, 0.25) is 0 Å². The molecule has 4 aromatic rings. The van der Waals surface area contributed by atoms with Gasteiger partial charge in [-0.25, -0.2) is 8.42 Å². The fourth-order valence-corrected chi connectivity index (χ4v) is 8.11. The Morgan fingerprint density at radius 1 is 1.02 bits per heavy atom. The Labute approximate surface area is 245 Å². The van der Waals surface area contributed by atoms with Crippen molar-refractivity contribution in [3.63, 3.8) is 0 Å². The van der Waals surface area contributed by atoms with Gasteiger partial charge in [-0.1, -0.05) is 36.4 Å². The molecule has 0 bridgehead atoms. The summed E-state index contributed by atoms with van der Waals surface area (Å²) in [7, 11) is -2.31. The molecule has 1 atom stereocenters. The van der Waals surface area contributed by atoms with Gasteiger partial charge in [0.25, 0.3) is 0 Å². The molecular weight excluding hydrogens is 558 g/mol.